The number of carbonyl (C=O) groups is 1. The van der Waals surface area contributed by atoms with E-state index in [1.165, 1.54) is 0 Å². The Labute approximate surface area is 154 Å². The van der Waals surface area contributed by atoms with E-state index < -0.39 is 0 Å². The molecule has 0 aliphatic carbocycles. The molecule has 0 bridgehead atoms. The number of para-hydroxylation sites is 2. The van der Waals surface area contributed by atoms with Crippen molar-refractivity contribution in [1.29, 1.82) is 0 Å². The Morgan fingerprint density at radius 1 is 1.23 bits per heavy atom. The number of carbonyl (C=O) groups excluding carboxylic acids is 1. The van der Waals surface area contributed by atoms with Crippen LogP contribution in [0.3, 0.4) is 0 Å². The second-order valence-corrected chi connectivity index (χ2v) is 6.66. The zero-order valence-electron chi connectivity index (χ0n) is 15.7. The van der Waals surface area contributed by atoms with E-state index in [2.05, 4.69) is 12.2 Å². The molecule has 5 nitrogen and oxygen atoms in total. The first-order valence-electron chi connectivity index (χ1n) is 9.04. The lowest BCUT2D eigenvalue weighted by Gasteiger charge is -2.15. The molecule has 0 radical (unpaired) electrons. The number of fused-ring (bicyclic) bond motifs is 1. The quantitative estimate of drug-likeness (QED) is 0.704. The molecule has 0 saturated carbocycles. The molecule has 5 heteroatoms. The minimum absolute atomic E-state index is 0.0298. The maximum atomic E-state index is 13.1. The monoisotopic (exact) mass is 351 g/mol. The molecule has 2 aromatic heterocycles. The van der Waals surface area contributed by atoms with Crippen molar-refractivity contribution in [3.63, 3.8) is 0 Å². The van der Waals surface area contributed by atoms with Crippen LogP contribution in [-0.4, -0.2) is 21.4 Å². The van der Waals surface area contributed by atoms with Crippen LogP contribution in [0.1, 0.15) is 48.9 Å². The summed E-state index contributed by atoms with van der Waals surface area (Å²) in [6.45, 7) is 8.02. The predicted molar refractivity (Wildman–Crippen MR) is 104 cm³/mol. The summed E-state index contributed by atoms with van der Waals surface area (Å²) in [5.74, 6) is 0.490. The third-order valence-electron chi connectivity index (χ3n) is 4.12. The third kappa shape index (κ3) is 3.57. The van der Waals surface area contributed by atoms with Gasteiger partial charge in [0.15, 0.2) is 0 Å². The van der Waals surface area contributed by atoms with E-state index in [0.29, 0.717) is 17.1 Å². The number of ether oxygens (including phenoxy) is 1. The summed E-state index contributed by atoms with van der Waals surface area (Å²) in [6.07, 6.45) is 3.60. The molecule has 2 heterocycles. The van der Waals surface area contributed by atoms with Crippen molar-refractivity contribution in [2.24, 2.45) is 0 Å². The van der Waals surface area contributed by atoms with E-state index in [0.717, 1.165) is 29.7 Å². The van der Waals surface area contributed by atoms with Crippen molar-refractivity contribution in [3.05, 3.63) is 59.5 Å². The molecule has 0 spiro atoms. The Balaban J connectivity index is 2.01. The second-order valence-electron chi connectivity index (χ2n) is 6.66. The number of nitrogens with one attached hydrogen (secondary N) is 1. The van der Waals surface area contributed by atoms with E-state index in [4.69, 9.17) is 9.72 Å². The summed E-state index contributed by atoms with van der Waals surface area (Å²) in [5, 5.41) is 3.00. The highest BCUT2D eigenvalue weighted by atomic mass is 16.5. The first-order chi connectivity index (χ1) is 12.5. The average Bonchev–Trinajstić information content (AvgIpc) is 2.96. The van der Waals surface area contributed by atoms with Crippen LogP contribution in [0.2, 0.25) is 0 Å². The molecule has 1 amide bonds. The second kappa shape index (κ2) is 7.60. The number of imidazole rings is 1. The Hall–Kier alpha value is -2.82. The number of benzene rings is 1. The van der Waals surface area contributed by atoms with Gasteiger partial charge < -0.3 is 10.1 Å². The minimum atomic E-state index is -0.175. The first kappa shape index (κ1) is 18.0. The van der Waals surface area contributed by atoms with E-state index in [9.17, 15) is 4.79 Å². The van der Waals surface area contributed by atoms with Gasteiger partial charge in [0.1, 0.15) is 17.1 Å². The van der Waals surface area contributed by atoms with Gasteiger partial charge in [-0.1, -0.05) is 31.5 Å². The highest BCUT2D eigenvalue weighted by Crippen LogP contribution is 2.26. The molecule has 0 saturated heterocycles. The van der Waals surface area contributed by atoms with Crippen LogP contribution >= 0.6 is 0 Å². The fraction of sp³-hybridized carbons (Fsp3) is 0.333. The summed E-state index contributed by atoms with van der Waals surface area (Å²) < 4.78 is 7.69. The number of rotatable bonds is 6. The zero-order valence-corrected chi connectivity index (χ0v) is 15.7. The molecule has 0 unspecified atom stereocenters. The van der Waals surface area contributed by atoms with Gasteiger partial charge in [-0.05, 0) is 51.0 Å². The van der Waals surface area contributed by atoms with Crippen molar-refractivity contribution in [2.45, 2.75) is 46.6 Å². The van der Waals surface area contributed by atoms with Gasteiger partial charge >= 0.3 is 0 Å². The summed E-state index contributed by atoms with van der Waals surface area (Å²) in [7, 11) is 0. The number of amides is 1. The van der Waals surface area contributed by atoms with Crippen molar-refractivity contribution in [1.82, 2.24) is 9.38 Å². The van der Waals surface area contributed by atoms with Crippen molar-refractivity contribution < 1.29 is 9.53 Å². The standard InChI is InChI=1S/C21H25N3O2/c1-5-9-17-19(24-13-8-10-15(4)20(24)22-17)21(25)23-16-11-6-7-12-18(16)26-14(2)3/h6-8,10-14H,5,9H2,1-4H3,(H,23,25). The molecule has 0 aliphatic heterocycles. The molecule has 26 heavy (non-hydrogen) atoms. The van der Waals surface area contributed by atoms with E-state index in [1.807, 2.05) is 67.8 Å². The van der Waals surface area contributed by atoms with Crippen LogP contribution in [0, 0.1) is 6.92 Å². The summed E-state index contributed by atoms with van der Waals surface area (Å²) >= 11 is 0. The molecule has 1 N–H and O–H groups in total. The number of aromatic nitrogens is 2. The molecular weight excluding hydrogens is 326 g/mol. The fourth-order valence-electron chi connectivity index (χ4n) is 3.01. The molecule has 3 aromatic rings. The molecule has 1 aromatic carbocycles. The van der Waals surface area contributed by atoms with Crippen LogP contribution in [0.15, 0.2) is 42.6 Å². The van der Waals surface area contributed by atoms with Gasteiger partial charge in [-0.25, -0.2) is 4.98 Å². The van der Waals surface area contributed by atoms with E-state index in [1.54, 1.807) is 0 Å². The summed E-state index contributed by atoms with van der Waals surface area (Å²) in [6, 6.07) is 11.4. The lowest BCUT2D eigenvalue weighted by atomic mass is 10.2. The Morgan fingerprint density at radius 2 is 2.00 bits per heavy atom. The SMILES string of the molecule is CCCc1nc2c(C)cccn2c1C(=O)Nc1ccccc1OC(C)C. The van der Waals surface area contributed by atoms with Gasteiger partial charge in [0.25, 0.3) is 5.91 Å². The van der Waals surface area contributed by atoms with Crippen LogP contribution in [-0.2, 0) is 6.42 Å². The van der Waals surface area contributed by atoms with E-state index in [-0.39, 0.29) is 12.0 Å². The van der Waals surface area contributed by atoms with Crippen molar-refractivity contribution in [3.8, 4) is 5.75 Å². The Morgan fingerprint density at radius 3 is 2.73 bits per heavy atom. The van der Waals surface area contributed by atoms with Crippen LogP contribution in [0.25, 0.3) is 5.65 Å². The highest BCUT2D eigenvalue weighted by Gasteiger charge is 2.20. The molecule has 136 valence electrons. The van der Waals surface area contributed by atoms with Crippen molar-refractivity contribution >= 4 is 17.2 Å². The third-order valence-corrected chi connectivity index (χ3v) is 4.12. The van der Waals surface area contributed by atoms with Gasteiger partial charge in [0.05, 0.1) is 17.5 Å². The normalized spacial score (nSPS) is 11.1. The number of hydrogen-bond acceptors (Lipinski definition) is 3. The average molecular weight is 351 g/mol. The van der Waals surface area contributed by atoms with Gasteiger partial charge in [0, 0.05) is 6.20 Å². The molecular formula is C21H25N3O2. The smallest absolute Gasteiger partial charge is 0.274 e. The minimum Gasteiger partial charge on any atom is -0.489 e. The highest BCUT2D eigenvalue weighted by molar-refractivity contribution is 6.05. The maximum absolute atomic E-state index is 13.1. The van der Waals surface area contributed by atoms with Gasteiger partial charge in [-0.3, -0.25) is 9.20 Å². The lowest BCUT2D eigenvalue weighted by Crippen LogP contribution is -2.18. The zero-order chi connectivity index (χ0) is 18.7. The Bertz CT molecular complexity index is 928. The molecule has 0 aliphatic rings. The molecule has 0 atom stereocenters. The number of hydrogen-bond donors (Lipinski definition) is 1. The van der Waals surface area contributed by atoms with Crippen molar-refractivity contribution in [2.75, 3.05) is 5.32 Å². The van der Waals surface area contributed by atoms with Gasteiger partial charge in [0.2, 0.25) is 0 Å². The molecule has 0 fully saturated rings. The van der Waals surface area contributed by atoms with E-state index >= 15 is 0 Å². The lowest BCUT2D eigenvalue weighted by molar-refractivity contribution is 0.101. The van der Waals surface area contributed by atoms with Crippen LogP contribution in [0.4, 0.5) is 5.69 Å². The summed E-state index contributed by atoms with van der Waals surface area (Å²) in [4.78, 5) is 17.8. The maximum Gasteiger partial charge on any atom is 0.274 e. The topological polar surface area (TPSA) is 55.6 Å². The fourth-order valence-corrected chi connectivity index (χ4v) is 3.01. The number of anilines is 1. The Kier molecular flexibility index (Phi) is 5.26. The summed E-state index contributed by atoms with van der Waals surface area (Å²) in [5.41, 5.74) is 3.95. The number of pyridine rings is 1. The van der Waals surface area contributed by atoms with Gasteiger partial charge in [-0.15, -0.1) is 0 Å². The van der Waals surface area contributed by atoms with Crippen LogP contribution < -0.4 is 10.1 Å². The van der Waals surface area contributed by atoms with Crippen LogP contribution in [0.5, 0.6) is 5.75 Å². The number of aryl methyl sites for hydroxylation is 2. The van der Waals surface area contributed by atoms with Gasteiger partial charge in [-0.2, -0.15) is 0 Å². The molecule has 3 rings (SSSR count). The predicted octanol–water partition coefficient (Wildman–Crippen LogP) is 4.63. The first-order valence-corrected chi connectivity index (χ1v) is 9.04. The number of nitrogens with zero attached hydrogens (tertiary/aromatic N) is 2. The largest absolute Gasteiger partial charge is 0.489 e.